The van der Waals surface area contributed by atoms with Crippen LogP contribution in [0.1, 0.15) is 39.7 Å². The summed E-state index contributed by atoms with van der Waals surface area (Å²) in [7, 11) is 0. The van der Waals surface area contributed by atoms with Gasteiger partial charge in [0.15, 0.2) is 0 Å². The van der Waals surface area contributed by atoms with Gasteiger partial charge in [-0.1, -0.05) is 18.2 Å². The molecule has 0 saturated carbocycles. The summed E-state index contributed by atoms with van der Waals surface area (Å²) in [6.07, 6.45) is 1.34. The van der Waals surface area contributed by atoms with Crippen LogP contribution in [0.25, 0.3) is 0 Å². The van der Waals surface area contributed by atoms with Crippen LogP contribution in [0, 0.1) is 0 Å². The fourth-order valence-electron chi connectivity index (χ4n) is 2.54. The van der Waals surface area contributed by atoms with Crippen molar-refractivity contribution in [3.63, 3.8) is 0 Å². The van der Waals surface area contributed by atoms with Gasteiger partial charge in [0.25, 0.3) is 0 Å². The lowest BCUT2D eigenvalue weighted by Gasteiger charge is -2.31. The van der Waals surface area contributed by atoms with E-state index in [9.17, 15) is 9.59 Å². The molecule has 5 heteroatoms. The molecule has 1 aliphatic heterocycles. The third-order valence-electron chi connectivity index (χ3n) is 3.48. The van der Waals surface area contributed by atoms with E-state index in [1.54, 1.807) is 32.6 Å². The largest absolute Gasteiger partial charge is 0.444 e. The van der Waals surface area contributed by atoms with Crippen molar-refractivity contribution >= 4 is 17.7 Å². The molecule has 0 fully saturated rings. The quantitative estimate of drug-likeness (QED) is 0.914. The third kappa shape index (κ3) is 4.00. The number of nitrogens with zero attached hydrogens (tertiary/aromatic N) is 1. The highest BCUT2D eigenvalue weighted by atomic mass is 16.6. The molecule has 1 aromatic rings. The zero-order chi connectivity index (χ0) is 16.3. The summed E-state index contributed by atoms with van der Waals surface area (Å²) in [5.41, 5.74) is 1.54. The monoisotopic (exact) mass is 304 g/mol. The molecule has 0 radical (unpaired) electrons. The van der Waals surface area contributed by atoms with Crippen molar-refractivity contribution < 1.29 is 14.3 Å². The van der Waals surface area contributed by atoms with Crippen LogP contribution >= 0.6 is 0 Å². The first-order valence-electron chi connectivity index (χ1n) is 7.67. The van der Waals surface area contributed by atoms with E-state index in [2.05, 4.69) is 5.32 Å². The first kappa shape index (κ1) is 16.3. The molecule has 0 saturated heterocycles. The summed E-state index contributed by atoms with van der Waals surface area (Å²) in [5, 5.41) is 2.61. The fraction of sp³-hybridized carbons (Fsp3) is 0.529. The Hall–Kier alpha value is -2.04. The lowest BCUT2D eigenvalue weighted by atomic mass is 10.0. The molecule has 2 amide bonds. The van der Waals surface area contributed by atoms with Gasteiger partial charge in [-0.3, -0.25) is 4.79 Å². The highest BCUT2D eigenvalue weighted by molar-refractivity contribution is 5.99. The molecule has 5 nitrogen and oxygen atoms in total. The van der Waals surface area contributed by atoms with E-state index in [4.69, 9.17) is 4.74 Å². The standard InChI is InChI=1S/C17H24N2O3/c1-12(18-16(21)22-17(2,3)4)15(20)19-11-7-9-13-8-5-6-10-14(13)19/h5-6,8,10,12H,7,9,11H2,1-4H3,(H,18,21). The van der Waals surface area contributed by atoms with Gasteiger partial charge in [-0.05, 0) is 52.2 Å². The van der Waals surface area contributed by atoms with Gasteiger partial charge in [0, 0.05) is 12.2 Å². The predicted octanol–water partition coefficient (Wildman–Crippen LogP) is 2.88. The Bertz CT molecular complexity index is 563. The second kappa shape index (κ2) is 6.38. The van der Waals surface area contributed by atoms with E-state index in [1.165, 1.54) is 5.56 Å². The zero-order valence-electron chi connectivity index (χ0n) is 13.7. The molecule has 1 atom stereocenters. The summed E-state index contributed by atoms with van der Waals surface area (Å²) in [6.45, 7) is 7.74. The molecule has 0 aromatic heterocycles. The Kier molecular flexibility index (Phi) is 4.74. The van der Waals surface area contributed by atoms with E-state index in [0.717, 1.165) is 18.5 Å². The number of hydrogen-bond acceptors (Lipinski definition) is 3. The van der Waals surface area contributed by atoms with Crippen LogP contribution < -0.4 is 10.2 Å². The summed E-state index contributed by atoms with van der Waals surface area (Å²) in [5.74, 6) is -0.113. The maximum Gasteiger partial charge on any atom is 0.408 e. The molecular weight excluding hydrogens is 280 g/mol. The number of benzene rings is 1. The molecule has 1 unspecified atom stereocenters. The van der Waals surface area contributed by atoms with Crippen LogP contribution in [0.15, 0.2) is 24.3 Å². The molecule has 22 heavy (non-hydrogen) atoms. The first-order chi connectivity index (χ1) is 10.3. The average Bonchev–Trinajstić information content (AvgIpc) is 2.43. The number of rotatable bonds is 2. The van der Waals surface area contributed by atoms with Crippen LogP contribution in [0.5, 0.6) is 0 Å². The van der Waals surface area contributed by atoms with Gasteiger partial charge >= 0.3 is 6.09 Å². The molecule has 1 heterocycles. The van der Waals surface area contributed by atoms with Gasteiger partial charge in [0.05, 0.1) is 0 Å². The predicted molar refractivity (Wildman–Crippen MR) is 85.9 cm³/mol. The average molecular weight is 304 g/mol. The number of alkyl carbamates (subject to hydrolysis) is 1. The summed E-state index contributed by atoms with van der Waals surface area (Å²) < 4.78 is 5.19. The molecule has 0 aliphatic carbocycles. The molecule has 0 bridgehead atoms. The Balaban J connectivity index is 2.04. The number of carbonyl (C=O) groups is 2. The minimum Gasteiger partial charge on any atom is -0.444 e. The van der Waals surface area contributed by atoms with Crippen LogP contribution in [-0.4, -0.2) is 30.2 Å². The number of hydrogen-bond donors (Lipinski definition) is 1. The third-order valence-corrected chi connectivity index (χ3v) is 3.48. The molecule has 1 aromatic carbocycles. The van der Waals surface area contributed by atoms with Crippen LogP contribution in [0.2, 0.25) is 0 Å². The van der Waals surface area contributed by atoms with Crippen LogP contribution in [0.4, 0.5) is 10.5 Å². The second-order valence-corrected chi connectivity index (χ2v) is 6.59. The van der Waals surface area contributed by atoms with Gasteiger partial charge < -0.3 is 15.0 Å². The number of aryl methyl sites for hydroxylation is 1. The van der Waals surface area contributed by atoms with Gasteiger partial charge in [0.1, 0.15) is 11.6 Å². The van der Waals surface area contributed by atoms with Crippen LogP contribution in [-0.2, 0) is 16.0 Å². The number of ether oxygens (including phenoxy) is 1. The first-order valence-corrected chi connectivity index (χ1v) is 7.67. The lowest BCUT2D eigenvalue weighted by molar-refractivity contribution is -0.120. The maximum absolute atomic E-state index is 12.6. The van der Waals surface area contributed by atoms with E-state index in [-0.39, 0.29) is 5.91 Å². The Morgan fingerprint density at radius 3 is 2.64 bits per heavy atom. The molecular formula is C17H24N2O3. The molecule has 1 N–H and O–H groups in total. The molecule has 1 aliphatic rings. The minimum absolute atomic E-state index is 0.113. The van der Waals surface area contributed by atoms with E-state index in [0.29, 0.717) is 6.54 Å². The van der Waals surface area contributed by atoms with Crippen LogP contribution in [0.3, 0.4) is 0 Å². The van der Waals surface area contributed by atoms with E-state index < -0.39 is 17.7 Å². The van der Waals surface area contributed by atoms with E-state index >= 15 is 0 Å². The normalized spacial score (nSPS) is 15.7. The number of amides is 2. The summed E-state index contributed by atoms with van der Waals surface area (Å²) >= 11 is 0. The number of anilines is 1. The Labute approximate surface area is 131 Å². The van der Waals surface area contributed by atoms with Gasteiger partial charge in [-0.2, -0.15) is 0 Å². The lowest BCUT2D eigenvalue weighted by Crippen LogP contribution is -2.49. The number of nitrogens with one attached hydrogen (secondary N) is 1. The molecule has 120 valence electrons. The van der Waals surface area contributed by atoms with Gasteiger partial charge in [-0.15, -0.1) is 0 Å². The van der Waals surface area contributed by atoms with Crippen molar-refractivity contribution in [1.82, 2.24) is 5.32 Å². The van der Waals surface area contributed by atoms with Gasteiger partial charge in [-0.25, -0.2) is 4.79 Å². The van der Waals surface area contributed by atoms with Crippen molar-refractivity contribution in [1.29, 1.82) is 0 Å². The summed E-state index contributed by atoms with van der Waals surface area (Å²) in [6, 6.07) is 7.28. The topological polar surface area (TPSA) is 58.6 Å². The number of fused-ring (bicyclic) bond motifs is 1. The molecule has 0 spiro atoms. The van der Waals surface area contributed by atoms with E-state index in [1.807, 2.05) is 24.3 Å². The van der Waals surface area contributed by atoms with Gasteiger partial charge in [0.2, 0.25) is 5.91 Å². The smallest absolute Gasteiger partial charge is 0.408 e. The fourth-order valence-corrected chi connectivity index (χ4v) is 2.54. The highest BCUT2D eigenvalue weighted by Crippen LogP contribution is 2.27. The number of carbonyl (C=O) groups excluding carboxylic acids is 2. The SMILES string of the molecule is CC(NC(=O)OC(C)(C)C)C(=O)N1CCCc2ccccc21. The Morgan fingerprint density at radius 1 is 1.27 bits per heavy atom. The molecule has 2 rings (SSSR count). The van der Waals surface area contributed by atoms with Crippen molar-refractivity contribution in [3.8, 4) is 0 Å². The summed E-state index contributed by atoms with van der Waals surface area (Å²) in [4.78, 5) is 26.2. The second-order valence-electron chi connectivity index (χ2n) is 6.59. The minimum atomic E-state index is -0.624. The van der Waals surface area contributed by atoms with Crippen molar-refractivity contribution in [3.05, 3.63) is 29.8 Å². The zero-order valence-corrected chi connectivity index (χ0v) is 13.7. The number of para-hydroxylation sites is 1. The van der Waals surface area contributed by atoms with Crippen molar-refractivity contribution in [2.75, 3.05) is 11.4 Å². The maximum atomic E-state index is 12.6. The highest BCUT2D eigenvalue weighted by Gasteiger charge is 2.28. The van der Waals surface area contributed by atoms with Crippen molar-refractivity contribution in [2.24, 2.45) is 0 Å². The Morgan fingerprint density at radius 2 is 1.95 bits per heavy atom. The van der Waals surface area contributed by atoms with Crippen molar-refractivity contribution in [2.45, 2.75) is 52.2 Å².